The SMILES string of the molecule is CCCNC(=S)Nc1ccc(S(=O)(=O)N2CCCC2)cc1. The molecule has 0 spiro atoms. The molecule has 0 unspecified atom stereocenters. The van der Waals surface area contributed by atoms with E-state index in [1.165, 1.54) is 0 Å². The average molecular weight is 327 g/mol. The van der Waals surface area contributed by atoms with Crippen molar-refractivity contribution in [2.45, 2.75) is 31.1 Å². The molecule has 21 heavy (non-hydrogen) atoms. The van der Waals surface area contributed by atoms with Crippen molar-refractivity contribution in [2.75, 3.05) is 25.0 Å². The first kappa shape index (κ1) is 16.2. The van der Waals surface area contributed by atoms with Crippen LogP contribution in [0.1, 0.15) is 26.2 Å². The zero-order valence-corrected chi connectivity index (χ0v) is 13.8. The zero-order valence-electron chi connectivity index (χ0n) is 12.1. The van der Waals surface area contributed by atoms with Gasteiger partial charge in [0.05, 0.1) is 4.90 Å². The van der Waals surface area contributed by atoms with Crippen LogP contribution in [0.25, 0.3) is 0 Å². The van der Waals surface area contributed by atoms with Gasteiger partial charge >= 0.3 is 0 Å². The Morgan fingerprint density at radius 2 is 1.86 bits per heavy atom. The van der Waals surface area contributed by atoms with Crippen molar-refractivity contribution < 1.29 is 8.42 Å². The summed E-state index contributed by atoms with van der Waals surface area (Å²) >= 11 is 5.15. The first-order valence-corrected chi connectivity index (χ1v) is 9.04. The second-order valence-corrected chi connectivity index (χ2v) is 7.36. The standard InChI is InChI=1S/C14H21N3O2S2/c1-2-9-15-14(20)16-12-5-7-13(8-6-12)21(18,19)17-10-3-4-11-17/h5-8H,2-4,9-11H2,1H3,(H2,15,16,20). The quantitative estimate of drug-likeness (QED) is 0.812. The minimum Gasteiger partial charge on any atom is -0.362 e. The van der Waals surface area contributed by atoms with Gasteiger partial charge < -0.3 is 10.6 Å². The summed E-state index contributed by atoms with van der Waals surface area (Å²) < 4.78 is 26.3. The molecular weight excluding hydrogens is 306 g/mol. The van der Waals surface area contributed by atoms with Gasteiger partial charge in [0.25, 0.3) is 0 Å². The minimum absolute atomic E-state index is 0.336. The number of nitrogens with zero attached hydrogens (tertiary/aromatic N) is 1. The van der Waals surface area contributed by atoms with E-state index < -0.39 is 10.0 Å². The largest absolute Gasteiger partial charge is 0.362 e. The molecule has 0 bridgehead atoms. The molecule has 1 aliphatic rings. The predicted molar refractivity (Wildman–Crippen MR) is 88.9 cm³/mol. The summed E-state index contributed by atoms with van der Waals surface area (Å²) in [6, 6.07) is 6.72. The van der Waals surface area contributed by atoms with Crippen LogP contribution in [0.4, 0.5) is 5.69 Å². The fraction of sp³-hybridized carbons (Fsp3) is 0.500. The highest BCUT2D eigenvalue weighted by Gasteiger charge is 2.26. The number of anilines is 1. The molecule has 0 saturated carbocycles. The van der Waals surface area contributed by atoms with Crippen LogP contribution in [0.2, 0.25) is 0 Å². The van der Waals surface area contributed by atoms with Gasteiger partial charge in [0.1, 0.15) is 0 Å². The van der Waals surface area contributed by atoms with E-state index in [-0.39, 0.29) is 0 Å². The van der Waals surface area contributed by atoms with Gasteiger partial charge in [0.15, 0.2) is 5.11 Å². The van der Waals surface area contributed by atoms with Crippen molar-refractivity contribution in [3.63, 3.8) is 0 Å². The normalized spacial score (nSPS) is 15.9. The molecule has 116 valence electrons. The Labute approximate surface area is 131 Å². The highest BCUT2D eigenvalue weighted by Crippen LogP contribution is 2.22. The van der Waals surface area contributed by atoms with Crippen LogP contribution in [0.15, 0.2) is 29.2 Å². The van der Waals surface area contributed by atoms with Crippen molar-refractivity contribution in [2.24, 2.45) is 0 Å². The zero-order chi connectivity index (χ0) is 15.3. The number of hydrogen-bond donors (Lipinski definition) is 2. The summed E-state index contributed by atoms with van der Waals surface area (Å²) in [5.74, 6) is 0. The lowest BCUT2D eigenvalue weighted by atomic mass is 10.3. The summed E-state index contributed by atoms with van der Waals surface area (Å²) in [6.07, 6.45) is 2.88. The van der Waals surface area contributed by atoms with Gasteiger partial charge in [0.2, 0.25) is 10.0 Å². The monoisotopic (exact) mass is 327 g/mol. The average Bonchev–Trinajstić information content (AvgIpc) is 3.00. The third-order valence-corrected chi connectivity index (χ3v) is 5.51. The maximum atomic E-state index is 12.4. The number of thiocarbonyl (C=S) groups is 1. The van der Waals surface area contributed by atoms with Crippen LogP contribution in [0.3, 0.4) is 0 Å². The molecular formula is C14H21N3O2S2. The number of rotatable bonds is 5. The fourth-order valence-electron chi connectivity index (χ4n) is 2.20. The van der Waals surface area contributed by atoms with E-state index in [9.17, 15) is 8.42 Å². The lowest BCUT2D eigenvalue weighted by Crippen LogP contribution is -2.29. The second kappa shape index (κ2) is 7.20. The molecule has 0 amide bonds. The molecule has 1 aromatic carbocycles. The van der Waals surface area contributed by atoms with Crippen LogP contribution in [-0.2, 0) is 10.0 Å². The smallest absolute Gasteiger partial charge is 0.243 e. The number of sulfonamides is 1. The molecule has 0 radical (unpaired) electrons. The second-order valence-electron chi connectivity index (χ2n) is 5.02. The van der Waals surface area contributed by atoms with Crippen molar-refractivity contribution in [3.05, 3.63) is 24.3 Å². The fourth-order valence-corrected chi connectivity index (χ4v) is 3.94. The van der Waals surface area contributed by atoms with Crippen LogP contribution < -0.4 is 10.6 Å². The summed E-state index contributed by atoms with van der Waals surface area (Å²) in [5.41, 5.74) is 0.781. The van der Waals surface area contributed by atoms with Crippen molar-refractivity contribution >= 4 is 33.0 Å². The van der Waals surface area contributed by atoms with E-state index in [1.54, 1.807) is 28.6 Å². The molecule has 1 fully saturated rings. The Morgan fingerprint density at radius 3 is 2.43 bits per heavy atom. The molecule has 2 N–H and O–H groups in total. The lowest BCUT2D eigenvalue weighted by Gasteiger charge is -2.16. The van der Waals surface area contributed by atoms with Gasteiger partial charge in [-0.25, -0.2) is 8.42 Å². The van der Waals surface area contributed by atoms with E-state index in [2.05, 4.69) is 17.6 Å². The molecule has 1 saturated heterocycles. The third-order valence-electron chi connectivity index (χ3n) is 3.35. The number of hydrogen-bond acceptors (Lipinski definition) is 3. The van der Waals surface area contributed by atoms with Crippen LogP contribution in [0, 0.1) is 0 Å². The Balaban J connectivity index is 2.03. The Bertz CT molecular complexity index is 579. The van der Waals surface area contributed by atoms with Crippen molar-refractivity contribution in [3.8, 4) is 0 Å². The Morgan fingerprint density at radius 1 is 1.24 bits per heavy atom. The molecule has 2 rings (SSSR count). The summed E-state index contributed by atoms with van der Waals surface area (Å²) in [5, 5.41) is 6.65. The summed E-state index contributed by atoms with van der Waals surface area (Å²) in [7, 11) is -3.34. The molecule has 1 aromatic rings. The van der Waals surface area contributed by atoms with E-state index in [0.717, 1.165) is 31.5 Å². The third kappa shape index (κ3) is 4.15. The van der Waals surface area contributed by atoms with Gasteiger partial charge in [0, 0.05) is 25.3 Å². The van der Waals surface area contributed by atoms with E-state index in [1.807, 2.05) is 0 Å². The van der Waals surface area contributed by atoms with Crippen molar-refractivity contribution in [1.29, 1.82) is 0 Å². The topological polar surface area (TPSA) is 61.4 Å². The van der Waals surface area contributed by atoms with Gasteiger partial charge in [-0.1, -0.05) is 6.92 Å². The molecule has 1 aliphatic heterocycles. The van der Waals surface area contributed by atoms with Crippen LogP contribution >= 0.6 is 12.2 Å². The maximum Gasteiger partial charge on any atom is 0.243 e. The molecule has 5 nitrogen and oxygen atoms in total. The molecule has 0 aromatic heterocycles. The van der Waals surface area contributed by atoms with Crippen molar-refractivity contribution in [1.82, 2.24) is 9.62 Å². The highest BCUT2D eigenvalue weighted by molar-refractivity contribution is 7.89. The lowest BCUT2D eigenvalue weighted by molar-refractivity contribution is 0.477. The van der Waals surface area contributed by atoms with Crippen LogP contribution in [0.5, 0.6) is 0 Å². The predicted octanol–water partition coefficient (Wildman–Crippen LogP) is 2.17. The number of benzene rings is 1. The van der Waals surface area contributed by atoms with E-state index >= 15 is 0 Å². The first-order valence-electron chi connectivity index (χ1n) is 7.19. The Kier molecular flexibility index (Phi) is 5.55. The molecule has 0 aliphatic carbocycles. The minimum atomic E-state index is -3.34. The maximum absolute atomic E-state index is 12.4. The summed E-state index contributed by atoms with van der Waals surface area (Å²) in [4.78, 5) is 0.336. The Hall–Kier alpha value is -1.18. The highest BCUT2D eigenvalue weighted by atomic mass is 32.2. The van der Waals surface area contributed by atoms with Crippen LogP contribution in [-0.4, -0.2) is 37.5 Å². The van der Waals surface area contributed by atoms with E-state index in [4.69, 9.17) is 12.2 Å². The molecule has 0 atom stereocenters. The van der Waals surface area contributed by atoms with Gasteiger partial charge in [-0.3, -0.25) is 0 Å². The molecule has 7 heteroatoms. The van der Waals surface area contributed by atoms with Gasteiger partial charge in [-0.05, 0) is 55.7 Å². The summed E-state index contributed by atoms with van der Waals surface area (Å²) in [6.45, 7) is 4.11. The van der Waals surface area contributed by atoms with Gasteiger partial charge in [-0.15, -0.1) is 0 Å². The first-order chi connectivity index (χ1) is 10.0. The van der Waals surface area contributed by atoms with E-state index in [0.29, 0.717) is 23.1 Å². The molecule has 1 heterocycles. The number of nitrogens with one attached hydrogen (secondary N) is 2. The van der Waals surface area contributed by atoms with Gasteiger partial charge in [-0.2, -0.15) is 4.31 Å².